The molecule has 0 radical (unpaired) electrons. The van der Waals surface area contributed by atoms with Crippen molar-refractivity contribution in [3.63, 3.8) is 0 Å². The van der Waals surface area contributed by atoms with Crippen molar-refractivity contribution in [2.24, 2.45) is 13.0 Å². The Bertz CT molecular complexity index is 347. The molecule has 1 atom stereocenters. The Balaban J connectivity index is 2.35. The molecule has 5 nitrogen and oxygen atoms in total. The van der Waals surface area contributed by atoms with Crippen LogP contribution in [-0.4, -0.2) is 33.4 Å². The first-order chi connectivity index (χ1) is 7.49. The highest BCUT2D eigenvalue weighted by molar-refractivity contribution is 5.92. The molecule has 1 amide bonds. The largest absolute Gasteiger partial charge is 0.391 e. The van der Waals surface area contributed by atoms with E-state index < -0.39 is 6.10 Å². The van der Waals surface area contributed by atoms with Crippen molar-refractivity contribution in [2.45, 2.75) is 26.4 Å². The van der Waals surface area contributed by atoms with Gasteiger partial charge >= 0.3 is 0 Å². The number of aliphatic hydroxyl groups excluding tert-OH is 1. The molecule has 0 fully saturated rings. The molecule has 0 bridgehead atoms. The molecule has 1 rings (SSSR count). The first-order valence-electron chi connectivity index (χ1n) is 5.45. The smallest absolute Gasteiger partial charge is 0.271 e. The van der Waals surface area contributed by atoms with E-state index >= 15 is 0 Å². The van der Waals surface area contributed by atoms with Gasteiger partial charge < -0.3 is 10.4 Å². The standard InChI is InChI=1S/C11H19N3O2/c1-8(2)6-9(15)7-12-11(16)10-4-5-14(3)13-10/h4-5,8-9,15H,6-7H2,1-3H3,(H,12,16). The second-order valence-corrected chi connectivity index (χ2v) is 4.37. The van der Waals surface area contributed by atoms with Crippen molar-refractivity contribution in [2.75, 3.05) is 6.54 Å². The molecule has 0 aliphatic rings. The van der Waals surface area contributed by atoms with Crippen LogP contribution in [0, 0.1) is 5.92 Å². The van der Waals surface area contributed by atoms with E-state index in [0.717, 1.165) is 0 Å². The van der Waals surface area contributed by atoms with Crippen LogP contribution >= 0.6 is 0 Å². The van der Waals surface area contributed by atoms with Crippen molar-refractivity contribution < 1.29 is 9.90 Å². The van der Waals surface area contributed by atoms with E-state index in [-0.39, 0.29) is 12.5 Å². The normalized spacial score (nSPS) is 12.8. The van der Waals surface area contributed by atoms with Gasteiger partial charge in [0, 0.05) is 19.8 Å². The Labute approximate surface area is 95.5 Å². The molecule has 0 spiro atoms. The van der Waals surface area contributed by atoms with Crippen LogP contribution in [0.4, 0.5) is 0 Å². The van der Waals surface area contributed by atoms with Crippen LogP contribution in [0.1, 0.15) is 30.8 Å². The molecular formula is C11H19N3O2. The van der Waals surface area contributed by atoms with Crippen LogP contribution in [0.25, 0.3) is 0 Å². The summed E-state index contributed by atoms with van der Waals surface area (Å²) in [4.78, 5) is 11.6. The minimum Gasteiger partial charge on any atom is -0.391 e. The van der Waals surface area contributed by atoms with Gasteiger partial charge in [-0.15, -0.1) is 0 Å². The Kier molecular flexibility index (Phi) is 4.49. The summed E-state index contributed by atoms with van der Waals surface area (Å²) < 4.78 is 1.57. The highest BCUT2D eigenvalue weighted by Gasteiger charge is 2.11. The van der Waals surface area contributed by atoms with E-state index in [1.54, 1.807) is 24.0 Å². The van der Waals surface area contributed by atoms with Crippen LogP contribution in [0.15, 0.2) is 12.3 Å². The lowest BCUT2D eigenvalue weighted by Gasteiger charge is -2.13. The minimum absolute atomic E-state index is 0.247. The number of amides is 1. The van der Waals surface area contributed by atoms with Gasteiger partial charge in [-0.1, -0.05) is 13.8 Å². The number of nitrogens with one attached hydrogen (secondary N) is 1. The van der Waals surface area contributed by atoms with Crippen molar-refractivity contribution in [1.29, 1.82) is 0 Å². The van der Waals surface area contributed by atoms with E-state index in [4.69, 9.17) is 0 Å². The van der Waals surface area contributed by atoms with Crippen LogP contribution < -0.4 is 5.32 Å². The van der Waals surface area contributed by atoms with E-state index in [1.165, 1.54) is 0 Å². The van der Waals surface area contributed by atoms with Gasteiger partial charge in [0.2, 0.25) is 0 Å². The molecule has 0 saturated carbocycles. The second-order valence-electron chi connectivity index (χ2n) is 4.37. The predicted octanol–water partition coefficient (Wildman–Crippen LogP) is 0.557. The highest BCUT2D eigenvalue weighted by atomic mass is 16.3. The number of carbonyl (C=O) groups is 1. The van der Waals surface area contributed by atoms with Gasteiger partial charge in [-0.2, -0.15) is 5.10 Å². The number of nitrogens with zero attached hydrogens (tertiary/aromatic N) is 2. The fourth-order valence-corrected chi connectivity index (χ4v) is 1.46. The Morgan fingerprint density at radius 1 is 1.62 bits per heavy atom. The van der Waals surface area contributed by atoms with Crippen molar-refractivity contribution in [1.82, 2.24) is 15.1 Å². The third-order valence-electron chi connectivity index (χ3n) is 2.19. The van der Waals surface area contributed by atoms with Gasteiger partial charge in [0.15, 0.2) is 0 Å². The van der Waals surface area contributed by atoms with E-state index in [0.29, 0.717) is 18.0 Å². The number of hydrogen-bond acceptors (Lipinski definition) is 3. The zero-order valence-electron chi connectivity index (χ0n) is 9.97. The van der Waals surface area contributed by atoms with Crippen LogP contribution in [0.3, 0.4) is 0 Å². The summed E-state index contributed by atoms with van der Waals surface area (Å²) >= 11 is 0. The highest BCUT2D eigenvalue weighted by Crippen LogP contribution is 2.03. The lowest BCUT2D eigenvalue weighted by molar-refractivity contribution is 0.0895. The zero-order chi connectivity index (χ0) is 12.1. The molecule has 16 heavy (non-hydrogen) atoms. The van der Waals surface area contributed by atoms with Crippen LogP contribution in [0.2, 0.25) is 0 Å². The maximum Gasteiger partial charge on any atom is 0.271 e. The van der Waals surface area contributed by atoms with Gasteiger partial charge in [-0.3, -0.25) is 9.48 Å². The average molecular weight is 225 g/mol. The van der Waals surface area contributed by atoms with Crippen molar-refractivity contribution >= 4 is 5.91 Å². The summed E-state index contributed by atoms with van der Waals surface area (Å²) in [6.07, 6.45) is 1.90. The molecule has 0 aliphatic carbocycles. The van der Waals surface area contributed by atoms with Gasteiger partial charge in [0.05, 0.1) is 6.10 Å². The molecule has 1 unspecified atom stereocenters. The van der Waals surface area contributed by atoms with Gasteiger partial charge in [0.1, 0.15) is 5.69 Å². The van der Waals surface area contributed by atoms with Gasteiger partial charge in [-0.25, -0.2) is 0 Å². The Morgan fingerprint density at radius 3 is 2.81 bits per heavy atom. The lowest BCUT2D eigenvalue weighted by Crippen LogP contribution is -2.33. The first kappa shape index (κ1) is 12.7. The summed E-state index contributed by atoms with van der Waals surface area (Å²) in [5, 5.41) is 16.2. The van der Waals surface area contributed by atoms with Gasteiger partial charge in [0.25, 0.3) is 5.91 Å². The quantitative estimate of drug-likeness (QED) is 0.769. The monoisotopic (exact) mass is 225 g/mol. The Hall–Kier alpha value is -1.36. The number of rotatable bonds is 5. The topological polar surface area (TPSA) is 67.2 Å². The number of aryl methyl sites for hydroxylation is 1. The average Bonchev–Trinajstić information content (AvgIpc) is 2.60. The third kappa shape index (κ3) is 4.02. The van der Waals surface area contributed by atoms with Crippen LogP contribution in [-0.2, 0) is 7.05 Å². The summed E-state index contributed by atoms with van der Waals surface area (Å²) in [5.41, 5.74) is 0.374. The van der Waals surface area contributed by atoms with Crippen molar-refractivity contribution in [3.8, 4) is 0 Å². The summed E-state index contributed by atoms with van der Waals surface area (Å²) in [5.74, 6) is 0.171. The zero-order valence-corrected chi connectivity index (χ0v) is 9.97. The predicted molar refractivity (Wildman–Crippen MR) is 61.0 cm³/mol. The molecular weight excluding hydrogens is 206 g/mol. The third-order valence-corrected chi connectivity index (χ3v) is 2.19. The first-order valence-corrected chi connectivity index (χ1v) is 5.45. The number of carbonyl (C=O) groups excluding carboxylic acids is 1. The number of aliphatic hydroxyl groups is 1. The number of aromatic nitrogens is 2. The molecule has 0 saturated heterocycles. The molecule has 2 N–H and O–H groups in total. The van der Waals surface area contributed by atoms with E-state index in [1.807, 2.05) is 13.8 Å². The molecule has 0 aliphatic heterocycles. The maximum absolute atomic E-state index is 11.6. The summed E-state index contributed by atoms with van der Waals surface area (Å²) in [6, 6.07) is 1.64. The fourth-order valence-electron chi connectivity index (χ4n) is 1.46. The number of hydrogen-bond donors (Lipinski definition) is 2. The molecule has 1 aromatic heterocycles. The Morgan fingerprint density at radius 2 is 2.31 bits per heavy atom. The van der Waals surface area contributed by atoms with Crippen molar-refractivity contribution in [3.05, 3.63) is 18.0 Å². The fraction of sp³-hybridized carbons (Fsp3) is 0.636. The summed E-state index contributed by atoms with van der Waals surface area (Å²) in [7, 11) is 1.75. The molecule has 90 valence electrons. The molecule has 5 heteroatoms. The molecule has 1 heterocycles. The second kappa shape index (κ2) is 5.65. The van der Waals surface area contributed by atoms with Gasteiger partial charge in [-0.05, 0) is 18.4 Å². The maximum atomic E-state index is 11.6. The van der Waals surface area contributed by atoms with E-state index in [2.05, 4.69) is 10.4 Å². The lowest BCUT2D eigenvalue weighted by atomic mass is 10.1. The SMILES string of the molecule is CC(C)CC(O)CNC(=O)c1ccn(C)n1. The van der Waals surface area contributed by atoms with Crippen LogP contribution in [0.5, 0.6) is 0 Å². The summed E-state index contributed by atoms with van der Waals surface area (Å²) in [6.45, 7) is 4.33. The molecule has 0 aromatic carbocycles. The minimum atomic E-state index is -0.493. The van der Waals surface area contributed by atoms with E-state index in [9.17, 15) is 9.90 Å². The molecule has 1 aromatic rings.